The van der Waals surface area contributed by atoms with E-state index in [2.05, 4.69) is 22.2 Å². The predicted molar refractivity (Wildman–Crippen MR) is 76.3 cm³/mol. The van der Waals surface area contributed by atoms with Crippen molar-refractivity contribution in [3.8, 4) is 5.75 Å². The molecule has 3 aromatic rings. The van der Waals surface area contributed by atoms with Gasteiger partial charge in [0.2, 0.25) is 0 Å². The summed E-state index contributed by atoms with van der Waals surface area (Å²) in [5.74, 6) is 0.871. The minimum Gasteiger partial charge on any atom is -0.489 e. The molecule has 0 atom stereocenters. The smallest absolute Gasteiger partial charge is 0.137 e. The van der Waals surface area contributed by atoms with Crippen LogP contribution in [0.4, 0.5) is 0 Å². The Bertz CT molecular complexity index is 633. The van der Waals surface area contributed by atoms with E-state index in [0.29, 0.717) is 6.61 Å². The maximum atomic E-state index is 5.75. The maximum Gasteiger partial charge on any atom is 0.137 e. The van der Waals surface area contributed by atoms with Crippen molar-refractivity contribution in [1.29, 1.82) is 0 Å². The highest BCUT2D eigenvalue weighted by molar-refractivity contribution is 5.27. The van der Waals surface area contributed by atoms with Crippen LogP contribution in [0.3, 0.4) is 0 Å². The lowest BCUT2D eigenvalue weighted by molar-refractivity contribution is 0.306. The summed E-state index contributed by atoms with van der Waals surface area (Å²) in [4.78, 5) is 3.93. The van der Waals surface area contributed by atoms with Gasteiger partial charge in [-0.1, -0.05) is 42.5 Å². The molecule has 4 heteroatoms. The summed E-state index contributed by atoms with van der Waals surface area (Å²) in [6.45, 7) is 1.31. The SMILES string of the molecule is c1ccc(COc2ccc(Cn3cncn3)cc2)cc1. The molecule has 1 heterocycles. The van der Waals surface area contributed by atoms with Crippen LogP contribution in [0.1, 0.15) is 11.1 Å². The van der Waals surface area contributed by atoms with Crippen molar-refractivity contribution in [2.24, 2.45) is 0 Å². The fourth-order valence-corrected chi connectivity index (χ4v) is 1.93. The highest BCUT2D eigenvalue weighted by atomic mass is 16.5. The monoisotopic (exact) mass is 265 g/mol. The zero-order valence-electron chi connectivity index (χ0n) is 11.0. The van der Waals surface area contributed by atoms with E-state index in [1.807, 2.05) is 42.5 Å². The third kappa shape index (κ3) is 3.23. The van der Waals surface area contributed by atoms with Crippen LogP contribution in [0.25, 0.3) is 0 Å². The highest BCUT2D eigenvalue weighted by Crippen LogP contribution is 2.14. The summed E-state index contributed by atoms with van der Waals surface area (Å²) in [5, 5.41) is 4.08. The molecule has 0 saturated carbocycles. The second-order valence-corrected chi connectivity index (χ2v) is 4.51. The van der Waals surface area contributed by atoms with Gasteiger partial charge in [-0.25, -0.2) is 9.67 Å². The van der Waals surface area contributed by atoms with Crippen molar-refractivity contribution in [3.05, 3.63) is 78.4 Å². The van der Waals surface area contributed by atoms with Gasteiger partial charge in [0, 0.05) is 0 Å². The van der Waals surface area contributed by atoms with Gasteiger partial charge in [0.25, 0.3) is 0 Å². The second-order valence-electron chi connectivity index (χ2n) is 4.51. The number of nitrogens with zero attached hydrogens (tertiary/aromatic N) is 3. The molecule has 0 aliphatic heterocycles. The molecular weight excluding hydrogens is 250 g/mol. The molecule has 100 valence electrons. The zero-order chi connectivity index (χ0) is 13.6. The minimum absolute atomic E-state index is 0.587. The predicted octanol–water partition coefficient (Wildman–Crippen LogP) is 2.91. The van der Waals surface area contributed by atoms with Gasteiger partial charge in [0.1, 0.15) is 25.0 Å². The number of aromatic nitrogens is 3. The fraction of sp³-hybridized carbons (Fsp3) is 0.125. The van der Waals surface area contributed by atoms with E-state index in [4.69, 9.17) is 4.74 Å². The van der Waals surface area contributed by atoms with Gasteiger partial charge in [0.15, 0.2) is 0 Å². The van der Waals surface area contributed by atoms with Gasteiger partial charge in [-0.05, 0) is 23.3 Å². The first-order valence-electron chi connectivity index (χ1n) is 6.48. The standard InChI is InChI=1S/C16H15N3O/c1-2-4-15(5-3-1)11-20-16-8-6-14(7-9-16)10-19-13-17-12-18-19/h1-9,12-13H,10-11H2. The molecule has 0 fully saturated rings. The largest absolute Gasteiger partial charge is 0.489 e. The lowest BCUT2D eigenvalue weighted by atomic mass is 10.2. The normalized spacial score (nSPS) is 10.4. The van der Waals surface area contributed by atoms with Crippen molar-refractivity contribution in [2.75, 3.05) is 0 Å². The van der Waals surface area contributed by atoms with Crippen LogP contribution in [0.2, 0.25) is 0 Å². The number of hydrogen-bond acceptors (Lipinski definition) is 3. The molecule has 0 radical (unpaired) electrons. The van der Waals surface area contributed by atoms with Crippen molar-refractivity contribution < 1.29 is 4.74 Å². The molecule has 0 amide bonds. The summed E-state index contributed by atoms with van der Waals surface area (Å²) in [7, 11) is 0. The molecule has 0 aliphatic rings. The summed E-state index contributed by atoms with van der Waals surface area (Å²) in [6, 6.07) is 18.2. The van der Waals surface area contributed by atoms with Crippen LogP contribution in [0, 0.1) is 0 Å². The zero-order valence-corrected chi connectivity index (χ0v) is 11.0. The van der Waals surface area contributed by atoms with Crippen molar-refractivity contribution in [2.45, 2.75) is 13.2 Å². The lowest BCUT2D eigenvalue weighted by Gasteiger charge is -2.07. The highest BCUT2D eigenvalue weighted by Gasteiger charge is 1.98. The number of ether oxygens (including phenoxy) is 1. The Hall–Kier alpha value is -2.62. The molecule has 0 bridgehead atoms. The average molecular weight is 265 g/mol. The molecule has 3 rings (SSSR count). The molecule has 0 spiro atoms. The van der Waals surface area contributed by atoms with E-state index in [9.17, 15) is 0 Å². The first kappa shape index (κ1) is 12.4. The average Bonchev–Trinajstić information content (AvgIpc) is 3.01. The summed E-state index contributed by atoms with van der Waals surface area (Å²) >= 11 is 0. The van der Waals surface area contributed by atoms with Crippen LogP contribution in [0.15, 0.2) is 67.3 Å². The van der Waals surface area contributed by atoms with Gasteiger partial charge in [-0.3, -0.25) is 0 Å². The van der Waals surface area contributed by atoms with Crippen LogP contribution in [-0.2, 0) is 13.2 Å². The van der Waals surface area contributed by atoms with Crippen LogP contribution >= 0.6 is 0 Å². The maximum absolute atomic E-state index is 5.75. The fourth-order valence-electron chi connectivity index (χ4n) is 1.93. The van der Waals surface area contributed by atoms with Gasteiger partial charge in [-0.2, -0.15) is 5.10 Å². The first-order chi connectivity index (χ1) is 9.90. The molecule has 2 aromatic carbocycles. The van der Waals surface area contributed by atoms with E-state index < -0.39 is 0 Å². The van der Waals surface area contributed by atoms with E-state index in [1.165, 1.54) is 17.5 Å². The molecule has 4 nitrogen and oxygen atoms in total. The van der Waals surface area contributed by atoms with Crippen LogP contribution < -0.4 is 4.74 Å². The third-order valence-electron chi connectivity index (χ3n) is 2.98. The summed E-state index contributed by atoms with van der Waals surface area (Å²) in [6.07, 6.45) is 3.25. The molecule has 20 heavy (non-hydrogen) atoms. The van der Waals surface area contributed by atoms with Crippen molar-refractivity contribution in [1.82, 2.24) is 14.8 Å². The Morgan fingerprint density at radius 1 is 0.900 bits per heavy atom. The molecule has 1 aromatic heterocycles. The topological polar surface area (TPSA) is 39.9 Å². The van der Waals surface area contributed by atoms with Gasteiger partial charge in [0.05, 0.1) is 6.54 Å². The lowest BCUT2D eigenvalue weighted by Crippen LogP contribution is -2.00. The van der Waals surface area contributed by atoms with Crippen molar-refractivity contribution in [3.63, 3.8) is 0 Å². The van der Waals surface area contributed by atoms with Gasteiger partial charge in [-0.15, -0.1) is 0 Å². The molecule has 0 unspecified atom stereocenters. The molecule has 0 aliphatic carbocycles. The molecule has 0 saturated heterocycles. The summed E-state index contributed by atoms with van der Waals surface area (Å²) in [5.41, 5.74) is 2.33. The summed E-state index contributed by atoms with van der Waals surface area (Å²) < 4.78 is 7.54. The van der Waals surface area contributed by atoms with E-state index in [0.717, 1.165) is 12.3 Å². The van der Waals surface area contributed by atoms with E-state index in [1.54, 1.807) is 11.0 Å². The number of benzene rings is 2. The third-order valence-corrected chi connectivity index (χ3v) is 2.98. The first-order valence-corrected chi connectivity index (χ1v) is 6.48. The Morgan fingerprint density at radius 3 is 2.40 bits per heavy atom. The van der Waals surface area contributed by atoms with E-state index in [-0.39, 0.29) is 0 Å². The van der Waals surface area contributed by atoms with Crippen LogP contribution in [-0.4, -0.2) is 14.8 Å². The Labute approximate surface area is 117 Å². The minimum atomic E-state index is 0.587. The van der Waals surface area contributed by atoms with Crippen molar-refractivity contribution >= 4 is 0 Å². The number of hydrogen-bond donors (Lipinski definition) is 0. The van der Waals surface area contributed by atoms with E-state index >= 15 is 0 Å². The second kappa shape index (κ2) is 6.02. The molecule has 0 N–H and O–H groups in total. The molecular formula is C16H15N3O. The van der Waals surface area contributed by atoms with Gasteiger partial charge < -0.3 is 4.74 Å². The number of rotatable bonds is 5. The van der Waals surface area contributed by atoms with Gasteiger partial charge >= 0.3 is 0 Å². The Balaban J connectivity index is 1.59. The Kier molecular flexibility index (Phi) is 3.73. The van der Waals surface area contributed by atoms with Crippen LogP contribution in [0.5, 0.6) is 5.75 Å². The quantitative estimate of drug-likeness (QED) is 0.712. The Morgan fingerprint density at radius 2 is 1.70 bits per heavy atom.